The van der Waals surface area contributed by atoms with E-state index in [1.54, 1.807) is 38.6 Å². The Morgan fingerprint density at radius 1 is 1.31 bits per heavy atom. The molecule has 158 valence electrons. The van der Waals surface area contributed by atoms with Crippen molar-refractivity contribution in [1.29, 1.82) is 0 Å². The zero-order valence-corrected chi connectivity index (χ0v) is 18.8. The van der Waals surface area contributed by atoms with Crippen molar-refractivity contribution >= 4 is 35.8 Å². The van der Waals surface area contributed by atoms with Crippen molar-refractivity contribution in [3.05, 3.63) is 59.8 Å². The van der Waals surface area contributed by atoms with E-state index in [0.717, 1.165) is 18.5 Å². The van der Waals surface area contributed by atoms with Gasteiger partial charge in [-0.1, -0.05) is 12.1 Å². The highest BCUT2D eigenvalue weighted by Crippen LogP contribution is 2.21. The van der Waals surface area contributed by atoms with Crippen molar-refractivity contribution < 1.29 is 13.5 Å². The first-order valence-corrected chi connectivity index (χ1v) is 9.21. The lowest BCUT2D eigenvalue weighted by Crippen LogP contribution is -2.45. The summed E-state index contributed by atoms with van der Waals surface area (Å²) in [4.78, 5) is 10.3. The van der Waals surface area contributed by atoms with Crippen molar-refractivity contribution in [3.63, 3.8) is 0 Å². The summed E-state index contributed by atoms with van der Waals surface area (Å²) in [6.45, 7) is 1.84. The van der Waals surface area contributed by atoms with Crippen molar-refractivity contribution in [3.8, 4) is 0 Å². The number of rotatable bonds is 6. The second-order valence-corrected chi connectivity index (χ2v) is 6.61. The number of halogens is 3. The third kappa shape index (κ3) is 6.23. The molecule has 6 nitrogen and oxygen atoms in total. The minimum absolute atomic E-state index is 0. The van der Waals surface area contributed by atoms with Crippen molar-refractivity contribution in [2.75, 3.05) is 38.7 Å². The molecule has 1 fully saturated rings. The number of hydrogen-bond acceptors (Lipinski definition) is 4. The van der Waals surface area contributed by atoms with Crippen LogP contribution in [0.15, 0.2) is 47.6 Å². The van der Waals surface area contributed by atoms with Crippen LogP contribution >= 0.6 is 24.0 Å². The Morgan fingerprint density at radius 2 is 2.07 bits per heavy atom. The number of nitrogens with zero attached hydrogens (tertiary/aromatic N) is 3. The molecule has 2 unspecified atom stereocenters. The molecule has 2 heterocycles. The van der Waals surface area contributed by atoms with Crippen molar-refractivity contribution in [2.24, 2.45) is 4.99 Å². The van der Waals surface area contributed by atoms with Gasteiger partial charge >= 0.3 is 0 Å². The molecule has 0 amide bonds. The summed E-state index contributed by atoms with van der Waals surface area (Å²) in [6.07, 6.45) is 2.21. The number of aromatic nitrogens is 1. The number of nitrogens with one attached hydrogen (secondary N) is 2. The molecule has 29 heavy (non-hydrogen) atoms. The summed E-state index contributed by atoms with van der Waals surface area (Å²) in [5, 5.41) is 6.59. The van der Waals surface area contributed by atoms with Gasteiger partial charge in [-0.2, -0.15) is 0 Å². The maximum Gasteiger partial charge on any atom is 0.191 e. The van der Waals surface area contributed by atoms with Gasteiger partial charge < -0.3 is 20.3 Å². The molecule has 0 aliphatic carbocycles. The van der Waals surface area contributed by atoms with Gasteiger partial charge in [-0.05, 0) is 36.2 Å². The van der Waals surface area contributed by atoms with E-state index in [2.05, 4.69) is 20.6 Å². The van der Waals surface area contributed by atoms with Gasteiger partial charge in [0.15, 0.2) is 17.6 Å². The van der Waals surface area contributed by atoms with Crippen LogP contribution in [-0.2, 0) is 4.74 Å². The number of anilines is 1. The number of hydrogen-bond donors (Lipinski definition) is 2. The SMILES string of the molecule is CN=C(NCC(OC)c1ccc(F)cc1)NC1CCN(c2ncccc2F)C1.I. The summed E-state index contributed by atoms with van der Waals surface area (Å²) < 4.78 is 32.5. The van der Waals surface area contributed by atoms with E-state index in [9.17, 15) is 8.78 Å². The Bertz CT molecular complexity index is 806. The molecule has 2 aromatic rings. The summed E-state index contributed by atoms with van der Waals surface area (Å²) in [7, 11) is 3.31. The van der Waals surface area contributed by atoms with Crippen molar-refractivity contribution in [2.45, 2.75) is 18.6 Å². The minimum Gasteiger partial charge on any atom is -0.375 e. The van der Waals surface area contributed by atoms with Crippen LogP contribution in [0.1, 0.15) is 18.1 Å². The number of benzene rings is 1. The number of pyridine rings is 1. The molecule has 1 aromatic heterocycles. The Balaban J connectivity index is 0.00000300. The van der Waals surface area contributed by atoms with Gasteiger partial charge in [0.05, 0.1) is 6.10 Å². The first kappa shape index (κ1) is 23.3. The zero-order valence-electron chi connectivity index (χ0n) is 16.4. The Morgan fingerprint density at radius 3 is 2.72 bits per heavy atom. The lowest BCUT2D eigenvalue weighted by atomic mass is 10.1. The quantitative estimate of drug-likeness (QED) is 0.351. The maximum absolute atomic E-state index is 13.9. The average molecular weight is 517 g/mol. The standard InChI is InChI=1S/C20H25F2N5O.HI/c1-23-20(25-12-18(28-2)14-5-7-15(21)8-6-14)26-16-9-11-27(13-16)19-17(22)4-3-10-24-19;/h3-8,10,16,18H,9,11-13H2,1-2H3,(H2,23,25,26);1H. The first-order valence-electron chi connectivity index (χ1n) is 9.21. The van der Waals surface area contributed by atoms with Crippen LogP contribution in [0.5, 0.6) is 0 Å². The lowest BCUT2D eigenvalue weighted by molar-refractivity contribution is 0.106. The molecule has 9 heteroatoms. The molecule has 1 aliphatic rings. The van der Waals surface area contributed by atoms with E-state index in [0.29, 0.717) is 24.9 Å². The summed E-state index contributed by atoms with van der Waals surface area (Å²) in [5.74, 6) is 0.426. The molecular formula is C20H26F2IN5O. The molecule has 3 rings (SSSR count). The molecule has 2 N–H and O–H groups in total. The van der Waals surface area contributed by atoms with Gasteiger partial charge in [-0.15, -0.1) is 24.0 Å². The number of ether oxygens (including phenoxy) is 1. The highest BCUT2D eigenvalue weighted by atomic mass is 127. The van der Waals surface area contributed by atoms with Crippen LogP contribution in [0, 0.1) is 11.6 Å². The Labute approximate surface area is 186 Å². The van der Waals surface area contributed by atoms with E-state index >= 15 is 0 Å². The molecule has 1 saturated heterocycles. The highest BCUT2D eigenvalue weighted by molar-refractivity contribution is 14.0. The highest BCUT2D eigenvalue weighted by Gasteiger charge is 2.26. The smallest absolute Gasteiger partial charge is 0.191 e. The van der Waals surface area contributed by atoms with Gasteiger partial charge in [0, 0.05) is 46.0 Å². The first-order chi connectivity index (χ1) is 13.6. The minimum atomic E-state index is -0.312. The molecule has 1 aromatic carbocycles. The molecule has 0 bridgehead atoms. The zero-order chi connectivity index (χ0) is 19.9. The molecule has 0 spiro atoms. The predicted octanol–water partition coefficient (Wildman–Crippen LogP) is 3.11. The molecule has 0 saturated carbocycles. The summed E-state index contributed by atoms with van der Waals surface area (Å²) in [5.41, 5.74) is 0.879. The average Bonchev–Trinajstić information content (AvgIpc) is 3.17. The third-order valence-electron chi connectivity index (χ3n) is 4.77. The molecular weight excluding hydrogens is 491 g/mol. The molecule has 0 radical (unpaired) electrons. The second-order valence-electron chi connectivity index (χ2n) is 6.61. The van der Waals surface area contributed by atoms with E-state index in [1.807, 2.05) is 4.90 Å². The van der Waals surface area contributed by atoms with E-state index in [4.69, 9.17) is 4.74 Å². The van der Waals surface area contributed by atoms with Gasteiger partial charge in [0.25, 0.3) is 0 Å². The summed E-state index contributed by atoms with van der Waals surface area (Å²) in [6, 6.07) is 9.37. The topological polar surface area (TPSA) is 61.8 Å². The van der Waals surface area contributed by atoms with Crippen LogP contribution in [0.2, 0.25) is 0 Å². The Kier molecular flexibility index (Phi) is 9.02. The maximum atomic E-state index is 13.9. The fourth-order valence-electron chi connectivity index (χ4n) is 3.27. The molecule has 1 aliphatic heterocycles. The van der Waals surface area contributed by atoms with Crippen LogP contribution in [0.25, 0.3) is 0 Å². The van der Waals surface area contributed by atoms with E-state index in [-0.39, 0.29) is 47.8 Å². The normalized spacial score (nSPS) is 17.6. The third-order valence-corrected chi connectivity index (χ3v) is 4.77. The predicted molar refractivity (Wildman–Crippen MR) is 121 cm³/mol. The van der Waals surface area contributed by atoms with E-state index < -0.39 is 0 Å². The fourth-order valence-corrected chi connectivity index (χ4v) is 3.27. The largest absolute Gasteiger partial charge is 0.375 e. The van der Waals surface area contributed by atoms with Crippen molar-refractivity contribution in [1.82, 2.24) is 15.6 Å². The van der Waals surface area contributed by atoms with Crippen LogP contribution in [-0.4, -0.2) is 50.8 Å². The molecule has 2 atom stereocenters. The van der Waals surface area contributed by atoms with Crippen LogP contribution in [0.4, 0.5) is 14.6 Å². The number of methoxy groups -OCH3 is 1. The van der Waals surface area contributed by atoms with Gasteiger partial charge in [-0.3, -0.25) is 4.99 Å². The number of guanidine groups is 1. The van der Waals surface area contributed by atoms with Crippen LogP contribution in [0.3, 0.4) is 0 Å². The van der Waals surface area contributed by atoms with Crippen LogP contribution < -0.4 is 15.5 Å². The number of aliphatic imine (C=N–C) groups is 1. The second kappa shape index (κ2) is 11.2. The van der Waals surface area contributed by atoms with Gasteiger partial charge in [-0.25, -0.2) is 13.8 Å². The fraction of sp³-hybridized carbons (Fsp3) is 0.400. The summed E-state index contributed by atoms with van der Waals surface area (Å²) >= 11 is 0. The van der Waals surface area contributed by atoms with Gasteiger partial charge in [0.1, 0.15) is 5.82 Å². The lowest BCUT2D eigenvalue weighted by Gasteiger charge is -2.22. The monoisotopic (exact) mass is 517 g/mol. The van der Waals surface area contributed by atoms with E-state index in [1.165, 1.54) is 18.2 Å². The Hall–Kier alpha value is -2.01. The van der Waals surface area contributed by atoms with Gasteiger partial charge in [0.2, 0.25) is 0 Å².